The minimum atomic E-state index is -1.95. The average molecular weight is 696 g/mol. The number of fused-ring (bicyclic) bond motifs is 6. The average Bonchev–Trinajstić information content (AvgIpc) is 3.08. The van der Waals surface area contributed by atoms with Gasteiger partial charge in [-0.25, -0.2) is 0 Å². The molecule has 6 aromatic rings. The van der Waals surface area contributed by atoms with Gasteiger partial charge in [0.15, 0.2) is 0 Å². The summed E-state index contributed by atoms with van der Waals surface area (Å²) in [5, 5.41) is 3.05. The van der Waals surface area contributed by atoms with Gasteiger partial charge in [-0.2, -0.15) is 0 Å². The van der Waals surface area contributed by atoms with Gasteiger partial charge in [-0.05, 0) is 70.0 Å². The van der Waals surface area contributed by atoms with Gasteiger partial charge in [0.1, 0.15) is 8.07 Å². The van der Waals surface area contributed by atoms with Crippen molar-refractivity contribution < 1.29 is 0 Å². The molecule has 0 saturated carbocycles. The molecule has 3 heterocycles. The van der Waals surface area contributed by atoms with Gasteiger partial charge < -0.3 is 4.90 Å². The van der Waals surface area contributed by atoms with E-state index in [1.54, 1.807) is 0 Å². The summed E-state index contributed by atoms with van der Waals surface area (Å²) in [4.78, 5) is 13.4. The topological polar surface area (TPSA) is 3.24 Å². The third-order valence-electron chi connectivity index (χ3n) is 9.84. The van der Waals surface area contributed by atoms with Gasteiger partial charge in [-0.15, -0.1) is 0 Å². The fourth-order valence-electron chi connectivity index (χ4n) is 7.35. The van der Waals surface area contributed by atoms with Gasteiger partial charge in [0.25, 0.3) is 0 Å². The number of hydrogen-bond acceptors (Lipinski definition) is 5. The lowest BCUT2D eigenvalue weighted by atomic mass is 9.77. The lowest BCUT2D eigenvalue weighted by Crippen LogP contribution is -2.56. The first-order valence-electron chi connectivity index (χ1n) is 16.0. The fourth-order valence-corrected chi connectivity index (χ4v) is 16.7. The third kappa shape index (κ3) is 4.63. The molecule has 0 fully saturated rings. The number of anilines is 3. The molecular weight excluding hydrogens is 663 g/mol. The Morgan fingerprint density at radius 3 is 1.70 bits per heavy atom. The van der Waals surface area contributed by atoms with Crippen molar-refractivity contribution in [2.45, 2.75) is 71.5 Å². The minimum absolute atomic E-state index is 0.114. The van der Waals surface area contributed by atoms with Crippen LogP contribution in [0.2, 0.25) is 13.1 Å². The van der Waals surface area contributed by atoms with E-state index in [0.717, 1.165) is 0 Å². The molecule has 230 valence electrons. The molecule has 9 rings (SSSR count). The number of nitrogens with zero attached hydrogens (tertiary/aromatic N) is 1. The highest BCUT2D eigenvalue weighted by molar-refractivity contribution is 8.05. The second kappa shape index (κ2) is 11.1. The lowest BCUT2D eigenvalue weighted by molar-refractivity contribution is 0.607. The van der Waals surface area contributed by atoms with Crippen LogP contribution >= 0.6 is 47.0 Å². The monoisotopic (exact) mass is 695 g/mol. The molecule has 0 spiro atoms. The maximum absolute atomic E-state index is 2.61. The predicted molar refractivity (Wildman–Crippen MR) is 206 cm³/mol. The molecular formula is C41H33NS4Si. The lowest BCUT2D eigenvalue weighted by Gasteiger charge is -2.40. The normalized spacial score (nSPS) is 16.1. The Morgan fingerprint density at radius 1 is 0.426 bits per heavy atom. The largest absolute Gasteiger partial charge is 0.307 e. The zero-order chi connectivity index (χ0) is 31.9. The fraction of sp³-hybridized carbons (Fsp3) is 0.122. The van der Waals surface area contributed by atoms with Gasteiger partial charge in [0.05, 0.1) is 22.0 Å². The second-order valence-corrected chi connectivity index (χ2v) is 21.9. The Morgan fingerprint density at radius 2 is 0.915 bits per heavy atom. The summed E-state index contributed by atoms with van der Waals surface area (Å²) in [5.74, 6) is 0. The van der Waals surface area contributed by atoms with E-state index in [1.807, 2.05) is 47.0 Å². The predicted octanol–water partition coefficient (Wildman–Crippen LogP) is 11.8. The van der Waals surface area contributed by atoms with Crippen LogP contribution in [0.25, 0.3) is 0 Å². The van der Waals surface area contributed by atoms with E-state index in [-0.39, 0.29) is 5.41 Å². The van der Waals surface area contributed by atoms with Gasteiger partial charge in [0, 0.05) is 39.7 Å². The van der Waals surface area contributed by atoms with E-state index in [4.69, 9.17) is 0 Å². The SMILES string of the molecule is CC1(C)c2ccccc2Sc2c(N(c3cccc4c3Sc3ccccc3S4)c3cccc4c3Sc3ccccc3[Si]4(C)C)cccc21. The van der Waals surface area contributed by atoms with Crippen LogP contribution in [0, 0.1) is 0 Å². The summed E-state index contributed by atoms with van der Waals surface area (Å²) < 4.78 is 0. The van der Waals surface area contributed by atoms with E-state index in [1.165, 1.54) is 77.7 Å². The van der Waals surface area contributed by atoms with Gasteiger partial charge in [0.2, 0.25) is 0 Å². The van der Waals surface area contributed by atoms with Crippen molar-refractivity contribution in [1.29, 1.82) is 0 Å². The molecule has 0 atom stereocenters. The molecule has 0 bridgehead atoms. The molecule has 3 aliphatic heterocycles. The molecule has 6 heteroatoms. The van der Waals surface area contributed by atoms with Crippen molar-refractivity contribution in [1.82, 2.24) is 0 Å². The molecule has 0 unspecified atom stereocenters. The van der Waals surface area contributed by atoms with Crippen molar-refractivity contribution in [2.24, 2.45) is 0 Å². The minimum Gasteiger partial charge on any atom is -0.307 e. The highest BCUT2D eigenvalue weighted by Gasteiger charge is 2.39. The van der Waals surface area contributed by atoms with E-state index < -0.39 is 8.07 Å². The molecule has 0 radical (unpaired) electrons. The van der Waals surface area contributed by atoms with Crippen LogP contribution in [-0.4, -0.2) is 8.07 Å². The van der Waals surface area contributed by atoms with Crippen LogP contribution in [0.5, 0.6) is 0 Å². The summed E-state index contributed by atoms with van der Waals surface area (Å²) in [7, 11) is -1.95. The highest BCUT2D eigenvalue weighted by Crippen LogP contribution is 2.58. The van der Waals surface area contributed by atoms with Crippen LogP contribution in [0.1, 0.15) is 25.0 Å². The molecule has 1 nitrogen and oxygen atoms in total. The summed E-state index contributed by atoms with van der Waals surface area (Å²) in [6.07, 6.45) is 0. The van der Waals surface area contributed by atoms with Crippen LogP contribution in [-0.2, 0) is 5.41 Å². The van der Waals surface area contributed by atoms with Crippen molar-refractivity contribution >= 4 is 82.6 Å². The van der Waals surface area contributed by atoms with Crippen LogP contribution < -0.4 is 15.3 Å². The summed E-state index contributed by atoms with van der Waals surface area (Å²) in [5.41, 5.74) is 6.44. The zero-order valence-corrected chi connectivity index (χ0v) is 31.0. The third-order valence-corrected chi connectivity index (χ3v) is 18.8. The summed E-state index contributed by atoms with van der Waals surface area (Å²) >= 11 is 7.69. The Bertz CT molecular complexity index is 2130. The Balaban J connectivity index is 1.32. The van der Waals surface area contributed by atoms with Crippen molar-refractivity contribution in [3.8, 4) is 0 Å². The molecule has 0 amide bonds. The summed E-state index contributed by atoms with van der Waals surface area (Å²) in [6, 6.07) is 47.8. The molecule has 0 aliphatic carbocycles. The first-order valence-corrected chi connectivity index (χ1v) is 22.3. The molecule has 3 aliphatic rings. The maximum atomic E-state index is 2.61. The summed E-state index contributed by atoms with van der Waals surface area (Å²) in [6.45, 7) is 9.81. The van der Waals surface area contributed by atoms with Gasteiger partial charge >= 0.3 is 0 Å². The molecule has 6 aromatic carbocycles. The highest BCUT2D eigenvalue weighted by atomic mass is 32.2. The van der Waals surface area contributed by atoms with Crippen LogP contribution in [0.4, 0.5) is 17.1 Å². The molecule has 47 heavy (non-hydrogen) atoms. The number of benzene rings is 6. The van der Waals surface area contributed by atoms with Gasteiger partial charge in [-0.3, -0.25) is 0 Å². The molecule has 0 saturated heterocycles. The Kier molecular flexibility index (Phi) is 7.08. The quantitative estimate of drug-likeness (QED) is 0.169. The van der Waals surface area contributed by atoms with E-state index >= 15 is 0 Å². The molecule has 0 aromatic heterocycles. The van der Waals surface area contributed by atoms with Crippen molar-refractivity contribution in [2.75, 3.05) is 4.90 Å². The number of rotatable bonds is 3. The second-order valence-electron chi connectivity index (χ2n) is 13.3. The Hall–Kier alpha value is -3.26. The van der Waals surface area contributed by atoms with Crippen molar-refractivity contribution in [3.63, 3.8) is 0 Å². The van der Waals surface area contributed by atoms with E-state index in [9.17, 15) is 0 Å². The van der Waals surface area contributed by atoms with Gasteiger partial charge in [-0.1, -0.05) is 153 Å². The Labute approximate surface area is 295 Å². The zero-order valence-electron chi connectivity index (χ0n) is 26.7. The smallest absolute Gasteiger partial charge is 0.115 e. The molecule has 0 N–H and O–H groups in total. The first kappa shape index (κ1) is 29.8. The van der Waals surface area contributed by atoms with E-state index in [2.05, 4.69) is 159 Å². The number of hydrogen-bond donors (Lipinski definition) is 0. The maximum Gasteiger partial charge on any atom is 0.115 e. The van der Waals surface area contributed by atoms with Crippen LogP contribution in [0.15, 0.2) is 167 Å². The van der Waals surface area contributed by atoms with Crippen molar-refractivity contribution in [3.05, 3.63) is 139 Å². The standard InChI is InChI=1S/C41H33NS4Si/c1-41(2)26-14-5-6-19-31(26)44-38-27(41)15-11-16-28(38)42(29-17-12-23-35-39(29)45-33-21-8-7-20-32(33)43-35)30-18-13-25-37-40(30)46-34-22-9-10-24-36(34)47(37,3)4/h5-25H,1-4H3. The van der Waals surface area contributed by atoms with E-state index in [0.29, 0.717) is 0 Å². The first-order chi connectivity index (χ1) is 22.8. The van der Waals surface area contributed by atoms with Crippen LogP contribution in [0.3, 0.4) is 0 Å².